The Morgan fingerprint density at radius 2 is 1.79 bits per heavy atom. The normalized spacial score (nSPS) is 25.7. The zero-order valence-electron chi connectivity index (χ0n) is 11.6. The van der Waals surface area contributed by atoms with Crippen LogP contribution in [0.25, 0.3) is 0 Å². The van der Waals surface area contributed by atoms with Gasteiger partial charge in [0.05, 0.1) is 6.26 Å². The van der Waals surface area contributed by atoms with Gasteiger partial charge in [-0.1, -0.05) is 12.8 Å². The average Bonchev–Trinajstić information content (AvgIpc) is 2.89. The van der Waals surface area contributed by atoms with Crippen LogP contribution in [0.15, 0.2) is 0 Å². The summed E-state index contributed by atoms with van der Waals surface area (Å²) in [6.07, 6.45) is 8.48. The Hall–Kier alpha value is -0.620. The Morgan fingerprint density at radius 3 is 2.42 bits per heavy atom. The van der Waals surface area contributed by atoms with Crippen LogP contribution in [0.1, 0.15) is 44.9 Å². The molecule has 1 saturated heterocycles. The van der Waals surface area contributed by atoms with Crippen LogP contribution in [0.4, 0.5) is 0 Å². The summed E-state index contributed by atoms with van der Waals surface area (Å²) in [4.78, 5) is 14.4. The third-order valence-corrected chi connectivity index (χ3v) is 4.89. The quantitative estimate of drug-likeness (QED) is 0.842. The second-order valence-corrected chi connectivity index (χ2v) is 7.62. The van der Waals surface area contributed by atoms with Crippen molar-refractivity contribution >= 4 is 15.9 Å². The van der Waals surface area contributed by atoms with Gasteiger partial charge in [0.2, 0.25) is 15.9 Å². The van der Waals surface area contributed by atoms with Gasteiger partial charge in [0.1, 0.15) is 0 Å². The fraction of sp³-hybridized carbons (Fsp3) is 0.923. The van der Waals surface area contributed by atoms with Crippen LogP contribution in [0.2, 0.25) is 0 Å². The standard InChI is InChI=1S/C13H24N2O3S/c1-19(17,18)14-10-12-8-4-5-9-15(12)13(16)11-6-2-3-7-11/h11-12,14H,2-10H2,1H3/t12-/m0/s1. The molecule has 1 amide bonds. The van der Waals surface area contributed by atoms with E-state index in [0.717, 1.165) is 51.5 Å². The highest BCUT2D eigenvalue weighted by molar-refractivity contribution is 7.88. The molecule has 1 saturated carbocycles. The minimum atomic E-state index is -3.18. The highest BCUT2D eigenvalue weighted by Gasteiger charge is 2.32. The SMILES string of the molecule is CS(=O)(=O)NC[C@@H]1CCCCN1C(=O)C1CCCC1. The molecule has 2 rings (SSSR count). The van der Waals surface area contributed by atoms with Gasteiger partial charge in [0, 0.05) is 25.0 Å². The number of hydrogen-bond donors (Lipinski definition) is 1. The van der Waals surface area contributed by atoms with Gasteiger partial charge in [-0.15, -0.1) is 0 Å². The van der Waals surface area contributed by atoms with Crippen molar-refractivity contribution in [2.75, 3.05) is 19.3 Å². The van der Waals surface area contributed by atoms with Crippen molar-refractivity contribution in [3.8, 4) is 0 Å². The van der Waals surface area contributed by atoms with Gasteiger partial charge in [0.25, 0.3) is 0 Å². The van der Waals surface area contributed by atoms with E-state index in [1.165, 1.54) is 6.26 Å². The van der Waals surface area contributed by atoms with E-state index < -0.39 is 10.0 Å². The minimum Gasteiger partial charge on any atom is -0.338 e. The first-order valence-corrected chi connectivity index (χ1v) is 9.11. The molecular formula is C13H24N2O3S. The van der Waals surface area contributed by atoms with Crippen molar-refractivity contribution in [1.29, 1.82) is 0 Å². The van der Waals surface area contributed by atoms with Crippen molar-refractivity contribution in [3.05, 3.63) is 0 Å². The van der Waals surface area contributed by atoms with Gasteiger partial charge >= 0.3 is 0 Å². The number of piperidine rings is 1. The maximum Gasteiger partial charge on any atom is 0.225 e. The lowest BCUT2D eigenvalue weighted by atomic mass is 9.98. The lowest BCUT2D eigenvalue weighted by Gasteiger charge is -2.37. The molecule has 5 nitrogen and oxygen atoms in total. The molecule has 1 atom stereocenters. The highest BCUT2D eigenvalue weighted by Crippen LogP contribution is 2.29. The molecule has 6 heteroatoms. The van der Waals surface area contributed by atoms with Gasteiger partial charge in [-0.25, -0.2) is 13.1 Å². The van der Waals surface area contributed by atoms with E-state index in [1.807, 2.05) is 4.90 Å². The lowest BCUT2D eigenvalue weighted by Crippen LogP contribution is -2.50. The Bertz CT molecular complexity index is 416. The fourth-order valence-electron chi connectivity index (χ4n) is 3.16. The van der Waals surface area contributed by atoms with Gasteiger partial charge in [-0.2, -0.15) is 0 Å². The van der Waals surface area contributed by atoms with Crippen LogP contribution in [0.5, 0.6) is 0 Å². The molecule has 1 aliphatic carbocycles. The Kier molecular flexibility index (Phi) is 4.84. The monoisotopic (exact) mass is 288 g/mol. The summed E-state index contributed by atoms with van der Waals surface area (Å²) >= 11 is 0. The van der Waals surface area contributed by atoms with Crippen LogP contribution in [-0.2, 0) is 14.8 Å². The maximum atomic E-state index is 12.5. The summed E-state index contributed by atoms with van der Waals surface area (Å²) in [7, 11) is -3.18. The fourth-order valence-corrected chi connectivity index (χ4v) is 3.65. The molecule has 0 aromatic heterocycles. The average molecular weight is 288 g/mol. The summed E-state index contributed by atoms with van der Waals surface area (Å²) in [5.74, 6) is 0.427. The van der Waals surface area contributed by atoms with E-state index in [0.29, 0.717) is 6.54 Å². The molecule has 2 aliphatic rings. The second-order valence-electron chi connectivity index (χ2n) is 5.78. The molecular weight excluding hydrogens is 264 g/mol. The van der Waals surface area contributed by atoms with Crippen LogP contribution < -0.4 is 4.72 Å². The number of carbonyl (C=O) groups is 1. The summed E-state index contributed by atoms with van der Waals surface area (Å²) < 4.78 is 24.9. The zero-order chi connectivity index (χ0) is 13.9. The van der Waals surface area contributed by atoms with Crippen molar-refractivity contribution in [2.45, 2.75) is 51.0 Å². The van der Waals surface area contributed by atoms with Crippen molar-refractivity contribution in [3.63, 3.8) is 0 Å². The van der Waals surface area contributed by atoms with Crippen LogP contribution in [0, 0.1) is 5.92 Å². The third kappa shape index (κ3) is 4.18. The molecule has 2 fully saturated rings. The number of amides is 1. The molecule has 0 spiro atoms. The number of carbonyl (C=O) groups excluding carboxylic acids is 1. The molecule has 0 aromatic rings. The lowest BCUT2D eigenvalue weighted by molar-refractivity contribution is -0.138. The van der Waals surface area contributed by atoms with Crippen LogP contribution in [-0.4, -0.2) is 44.6 Å². The van der Waals surface area contributed by atoms with Gasteiger partial charge in [-0.3, -0.25) is 4.79 Å². The third-order valence-electron chi connectivity index (χ3n) is 4.20. The van der Waals surface area contributed by atoms with Gasteiger partial charge in [0.15, 0.2) is 0 Å². The molecule has 0 unspecified atom stereocenters. The largest absolute Gasteiger partial charge is 0.338 e. The molecule has 0 bridgehead atoms. The van der Waals surface area contributed by atoms with E-state index in [-0.39, 0.29) is 17.9 Å². The second kappa shape index (κ2) is 6.22. The first-order chi connectivity index (χ1) is 8.97. The Morgan fingerprint density at radius 1 is 1.16 bits per heavy atom. The van der Waals surface area contributed by atoms with Crippen molar-refractivity contribution in [2.24, 2.45) is 5.92 Å². The summed E-state index contributed by atoms with van der Waals surface area (Å²) in [6.45, 7) is 1.14. The van der Waals surface area contributed by atoms with E-state index in [1.54, 1.807) is 0 Å². The first kappa shape index (κ1) is 14.8. The van der Waals surface area contributed by atoms with Crippen LogP contribution >= 0.6 is 0 Å². The number of rotatable bonds is 4. The molecule has 1 aliphatic heterocycles. The van der Waals surface area contributed by atoms with Crippen molar-refractivity contribution in [1.82, 2.24) is 9.62 Å². The Labute approximate surface area is 115 Å². The van der Waals surface area contributed by atoms with Crippen molar-refractivity contribution < 1.29 is 13.2 Å². The highest BCUT2D eigenvalue weighted by atomic mass is 32.2. The molecule has 19 heavy (non-hydrogen) atoms. The smallest absolute Gasteiger partial charge is 0.225 e. The molecule has 0 radical (unpaired) electrons. The molecule has 110 valence electrons. The van der Waals surface area contributed by atoms with Gasteiger partial charge in [-0.05, 0) is 32.1 Å². The Balaban J connectivity index is 1.96. The maximum absolute atomic E-state index is 12.5. The predicted octanol–water partition coefficient (Wildman–Crippen LogP) is 1.11. The zero-order valence-corrected chi connectivity index (χ0v) is 12.4. The molecule has 1 N–H and O–H groups in total. The minimum absolute atomic E-state index is 0.0385. The van der Waals surface area contributed by atoms with E-state index >= 15 is 0 Å². The first-order valence-electron chi connectivity index (χ1n) is 7.22. The number of sulfonamides is 1. The number of nitrogens with one attached hydrogen (secondary N) is 1. The van der Waals surface area contributed by atoms with E-state index in [2.05, 4.69) is 4.72 Å². The number of likely N-dealkylation sites (tertiary alicyclic amines) is 1. The predicted molar refractivity (Wildman–Crippen MR) is 74.2 cm³/mol. The summed E-state index contributed by atoms with van der Waals surface area (Å²) in [5.41, 5.74) is 0. The van der Waals surface area contributed by atoms with E-state index in [9.17, 15) is 13.2 Å². The van der Waals surface area contributed by atoms with E-state index in [4.69, 9.17) is 0 Å². The van der Waals surface area contributed by atoms with Crippen LogP contribution in [0.3, 0.4) is 0 Å². The summed E-state index contributed by atoms with van der Waals surface area (Å²) in [6, 6.07) is 0.0385. The summed E-state index contributed by atoms with van der Waals surface area (Å²) in [5, 5.41) is 0. The molecule has 1 heterocycles. The molecule has 0 aromatic carbocycles. The number of hydrogen-bond acceptors (Lipinski definition) is 3. The van der Waals surface area contributed by atoms with Gasteiger partial charge < -0.3 is 4.90 Å². The number of nitrogens with zero attached hydrogens (tertiary/aromatic N) is 1. The topological polar surface area (TPSA) is 66.5 Å².